The van der Waals surface area contributed by atoms with Crippen LogP contribution in [-0.2, 0) is 14.8 Å². The summed E-state index contributed by atoms with van der Waals surface area (Å²) in [6, 6.07) is 9.57. The Balaban J connectivity index is 2.15. The molecule has 0 aliphatic heterocycles. The van der Waals surface area contributed by atoms with Crippen LogP contribution < -0.4 is 9.04 Å². The molecule has 0 heterocycles. The molecular weight excluding hydrogens is 377 g/mol. The van der Waals surface area contributed by atoms with E-state index in [9.17, 15) is 22.4 Å². The number of hydrogen-bond acceptors (Lipinski definition) is 6. The van der Waals surface area contributed by atoms with E-state index in [1.54, 1.807) is 6.07 Å². The molecule has 0 atom stereocenters. The van der Waals surface area contributed by atoms with Crippen molar-refractivity contribution in [1.29, 1.82) is 0 Å². The Bertz CT molecular complexity index is 974. The van der Waals surface area contributed by atoms with Crippen LogP contribution in [-0.4, -0.2) is 47.2 Å². The zero-order valence-electron chi connectivity index (χ0n) is 14.9. The van der Waals surface area contributed by atoms with Gasteiger partial charge in [0, 0.05) is 12.6 Å². The van der Waals surface area contributed by atoms with E-state index in [0.717, 1.165) is 16.6 Å². The van der Waals surface area contributed by atoms with Gasteiger partial charge in [-0.15, -0.1) is 0 Å². The number of hydrogen-bond donors (Lipinski definition) is 0. The van der Waals surface area contributed by atoms with Crippen LogP contribution in [0.1, 0.15) is 20.7 Å². The molecule has 0 aliphatic rings. The van der Waals surface area contributed by atoms with Gasteiger partial charge in [-0.25, -0.2) is 17.6 Å². The lowest BCUT2D eigenvalue weighted by Gasteiger charge is -2.19. The highest BCUT2D eigenvalue weighted by Crippen LogP contribution is 2.22. The number of para-hydroxylation sites is 1. The summed E-state index contributed by atoms with van der Waals surface area (Å²) in [4.78, 5) is 24.4. The van der Waals surface area contributed by atoms with Gasteiger partial charge in [-0.3, -0.25) is 9.10 Å². The van der Waals surface area contributed by atoms with Gasteiger partial charge < -0.3 is 9.47 Å². The molecule has 0 N–H and O–H groups in total. The predicted octanol–water partition coefficient (Wildman–Crippen LogP) is 2.27. The SMILES string of the molecule is COc1ccc(C(=O)COC(=O)c2ccccc2N(C)S(C)(=O)=O)cc1F. The number of esters is 1. The van der Waals surface area contributed by atoms with Crippen LogP contribution in [0.3, 0.4) is 0 Å². The Morgan fingerprint density at radius 2 is 1.81 bits per heavy atom. The van der Waals surface area contributed by atoms with Crippen molar-refractivity contribution in [2.45, 2.75) is 0 Å². The fourth-order valence-corrected chi connectivity index (χ4v) is 2.75. The number of ether oxygens (including phenoxy) is 2. The van der Waals surface area contributed by atoms with Crippen molar-refractivity contribution in [2.24, 2.45) is 0 Å². The third-order valence-electron chi connectivity index (χ3n) is 3.77. The standard InChI is InChI=1S/C18H18FNO6S/c1-20(27(3,23)24)15-7-5-4-6-13(15)18(22)26-11-16(21)12-8-9-17(25-2)14(19)10-12/h4-10H,11H2,1-3H3. The van der Waals surface area contributed by atoms with Crippen LogP contribution in [0.5, 0.6) is 5.75 Å². The molecule has 0 unspecified atom stereocenters. The van der Waals surface area contributed by atoms with Crippen LogP contribution in [0.2, 0.25) is 0 Å². The van der Waals surface area contributed by atoms with Crippen molar-refractivity contribution in [3.05, 3.63) is 59.4 Å². The maximum atomic E-state index is 13.7. The molecule has 0 bridgehead atoms. The Hall–Kier alpha value is -2.94. The monoisotopic (exact) mass is 395 g/mol. The third kappa shape index (κ3) is 4.82. The largest absolute Gasteiger partial charge is 0.494 e. The van der Waals surface area contributed by atoms with Crippen LogP contribution in [0, 0.1) is 5.82 Å². The van der Waals surface area contributed by atoms with E-state index < -0.39 is 34.2 Å². The summed E-state index contributed by atoms with van der Waals surface area (Å²) in [5.74, 6) is -2.21. The number of carbonyl (C=O) groups is 2. The number of rotatable bonds is 7. The van der Waals surface area contributed by atoms with Gasteiger partial charge in [-0.05, 0) is 30.3 Å². The van der Waals surface area contributed by atoms with Crippen LogP contribution in [0.15, 0.2) is 42.5 Å². The van der Waals surface area contributed by atoms with Gasteiger partial charge in [-0.1, -0.05) is 12.1 Å². The highest BCUT2D eigenvalue weighted by molar-refractivity contribution is 7.92. The summed E-state index contributed by atoms with van der Waals surface area (Å²) in [5.41, 5.74) is 0.120. The molecule has 0 fully saturated rings. The van der Waals surface area contributed by atoms with Gasteiger partial charge in [0.2, 0.25) is 10.0 Å². The number of Topliss-reactive ketones (excluding diaryl/α,β-unsaturated/α-hetero) is 1. The maximum Gasteiger partial charge on any atom is 0.340 e. The minimum atomic E-state index is -3.59. The highest BCUT2D eigenvalue weighted by atomic mass is 32.2. The number of sulfonamides is 1. The lowest BCUT2D eigenvalue weighted by molar-refractivity contribution is 0.0475. The number of methoxy groups -OCH3 is 1. The summed E-state index contributed by atoms with van der Waals surface area (Å²) in [6.45, 7) is -0.623. The molecule has 0 saturated carbocycles. The molecule has 0 radical (unpaired) electrons. The zero-order valence-corrected chi connectivity index (χ0v) is 15.7. The lowest BCUT2D eigenvalue weighted by atomic mass is 10.1. The quantitative estimate of drug-likeness (QED) is 0.528. The maximum absolute atomic E-state index is 13.7. The first-order valence-corrected chi connectivity index (χ1v) is 9.56. The Morgan fingerprint density at radius 3 is 2.41 bits per heavy atom. The van der Waals surface area contributed by atoms with Crippen molar-refractivity contribution < 1.29 is 31.9 Å². The second-order valence-electron chi connectivity index (χ2n) is 5.60. The minimum Gasteiger partial charge on any atom is -0.494 e. The van der Waals surface area contributed by atoms with Gasteiger partial charge in [0.25, 0.3) is 0 Å². The topological polar surface area (TPSA) is 90.0 Å². The molecule has 2 aromatic rings. The zero-order chi connectivity index (χ0) is 20.2. The van der Waals surface area contributed by atoms with E-state index in [2.05, 4.69) is 0 Å². The Labute approximate surface area is 156 Å². The highest BCUT2D eigenvalue weighted by Gasteiger charge is 2.21. The van der Waals surface area contributed by atoms with Gasteiger partial charge in [0.15, 0.2) is 24.0 Å². The van der Waals surface area contributed by atoms with Crippen molar-refractivity contribution in [3.8, 4) is 5.75 Å². The average molecular weight is 395 g/mol. The van der Waals surface area contributed by atoms with E-state index in [1.165, 1.54) is 44.5 Å². The smallest absolute Gasteiger partial charge is 0.340 e. The van der Waals surface area contributed by atoms with Crippen LogP contribution >= 0.6 is 0 Å². The molecule has 0 aromatic heterocycles. The molecule has 2 rings (SSSR count). The number of ketones is 1. The van der Waals surface area contributed by atoms with Crippen LogP contribution in [0.25, 0.3) is 0 Å². The summed E-state index contributed by atoms with van der Waals surface area (Å²) < 4.78 is 47.8. The van der Waals surface area contributed by atoms with Gasteiger partial charge in [0.05, 0.1) is 24.6 Å². The number of benzene rings is 2. The molecular formula is C18H18FNO6S. The molecule has 7 nitrogen and oxygen atoms in total. The van der Waals surface area contributed by atoms with Crippen molar-refractivity contribution >= 4 is 27.5 Å². The fourth-order valence-electron chi connectivity index (χ4n) is 2.23. The van der Waals surface area contributed by atoms with Crippen molar-refractivity contribution in [3.63, 3.8) is 0 Å². The predicted molar refractivity (Wildman–Crippen MR) is 97.3 cm³/mol. The van der Waals surface area contributed by atoms with E-state index in [4.69, 9.17) is 9.47 Å². The lowest BCUT2D eigenvalue weighted by Crippen LogP contribution is -2.27. The van der Waals surface area contributed by atoms with Crippen molar-refractivity contribution in [1.82, 2.24) is 0 Å². The summed E-state index contributed by atoms with van der Waals surface area (Å²) >= 11 is 0. The summed E-state index contributed by atoms with van der Waals surface area (Å²) in [6.07, 6.45) is 0.997. The number of anilines is 1. The minimum absolute atomic E-state index is 0.0127. The number of nitrogens with zero attached hydrogens (tertiary/aromatic N) is 1. The van der Waals surface area contributed by atoms with Gasteiger partial charge in [-0.2, -0.15) is 0 Å². The number of halogens is 1. The Kier molecular flexibility index (Phi) is 6.17. The van der Waals surface area contributed by atoms with E-state index >= 15 is 0 Å². The average Bonchev–Trinajstić information content (AvgIpc) is 2.64. The molecule has 0 amide bonds. The van der Waals surface area contributed by atoms with Crippen LogP contribution in [0.4, 0.5) is 10.1 Å². The molecule has 27 heavy (non-hydrogen) atoms. The molecule has 0 saturated heterocycles. The first kappa shape index (κ1) is 20.4. The molecule has 9 heteroatoms. The molecule has 2 aromatic carbocycles. The second kappa shape index (κ2) is 8.17. The normalized spacial score (nSPS) is 11.0. The second-order valence-corrected chi connectivity index (χ2v) is 7.61. The van der Waals surface area contributed by atoms with Gasteiger partial charge in [0.1, 0.15) is 0 Å². The summed E-state index contributed by atoms with van der Waals surface area (Å²) in [5, 5.41) is 0. The first-order valence-electron chi connectivity index (χ1n) is 7.72. The van der Waals surface area contributed by atoms with E-state index in [1.807, 2.05) is 0 Å². The summed E-state index contributed by atoms with van der Waals surface area (Å²) in [7, 11) is -0.996. The molecule has 0 aliphatic carbocycles. The number of carbonyl (C=O) groups excluding carboxylic acids is 2. The first-order chi connectivity index (χ1) is 12.6. The molecule has 0 spiro atoms. The van der Waals surface area contributed by atoms with E-state index in [0.29, 0.717) is 0 Å². The van der Waals surface area contributed by atoms with E-state index in [-0.39, 0.29) is 22.6 Å². The third-order valence-corrected chi connectivity index (χ3v) is 4.96. The Morgan fingerprint density at radius 1 is 1.15 bits per heavy atom. The van der Waals surface area contributed by atoms with Gasteiger partial charge >= 0.3 is 5.97 Å². The van der Waals surface area contributed by atoms with Crippen molar-refractivity contribution in [2.75, 3.05) is 31.3 Å². The molecule has 144 valence electrons. The fraction of sp³-hybridized carbons (Fsp3) is 0.222.